The fourth-order valence-electron chi connectivity index (χ4n) is 3.87. The molecule has 0 saturated carbocycles. The number of nitrogens with one attached hydrogen (secondary N) is 2. The third-order valence-electron chi connectivity index (χ3n) is 5.91. The van der Waals surface area contributed by atoms with Gasteiger partial charge in [-0.05, 0) is 48.6 Å². The van der Waals surface area contributed by atoms with E-state index in [9.17, 15) is 14.4 Å². The summed E-state index contributed by atoms with van der Waals surface area (Å²) in [5, 5.41) is 7.41. The number of furan rings is 1. The van der Waals surface area contributed by atoms with E-state index in [2.05, 4.69) is 10.6 Å². The van der Waals surface area contributed by atoms with Crippen LogP contribution >= 0.6 is 11.3 Å². The summed E-state index contributed by atoms with van der Waals surface area (Å²) in [6.07, 6.45) is 1.54. The average molecular weight is 516 g/mol. The maximum absolute atomic E-state index is 13.6. The van der Waals surface area contributed by atoms with E-state index in [0.29, 0.717) is 16.2 Å². The fourth-order valence-corrected chi connectivity index (χ4v) is 4.51. The molecule has 7 nitrogen and oxygen atoms in total. The Labute approximate surface area is 220 Å². The Morgan fingerprint density at radius 1 is 0.892 bits per heavy atom. The highest BCUT2D eigenvalue weighted by atomic mass is 32.1. The van der Waals surface area contributed by atoms with E-state index in [0.717, 1.165) is 16.7 Å². The lowest BCUT2D eigenvalue weighted by Gasteiger charge is -2.32. The largest absolute Gasteiger partial charge is 0.467 e. The number of hydrogen-bond acceptors (Lipinski definition) is 5. The van der Waals surface area contributed by atoms with Crippen molar-refractivity contribution in [1.29, 1.82) is 0 Å². The number of thiophene rings is 1. The Kier molecular flexibility index (Phi) is 8.53. The number of rotatable bonds is 10. The molecule has 4 rings (SSSR count). The number of aryl methyl sites for hydroxylation is 2. The zero-order valence-electron chi connectivity index (χ0n) is 20.8. The van der Waals surface area contributed by atoms with Gasteiger partial charge in [-0.2, -0.15) is 0 Å². The number of amides is 3. The minimum absolute atomic E-state index is 0.190. The summed E-state index contributed by atoms with van der Waals surface area (Å²) in [4.78, 5) is 41.8. The van der Waals surface area contributed by atoms with Crippen LogP contribution in [0, 0.1) is 13.8 Å². The zero-order chi connectivity index (χ0) is 26.2. The highest BCUT2D eigenvalue weighted by molar-refractivity contribution is 7.12. The molecule has 2 heterocycles. The second-order valence-electron chi connectivity index (χ2n) is 8.78. The van der Waals surface area contributed by atoms with Gasteiger partial charge in [-0.25, -0.2) is 0 Å². The molecule has 4 aromatic rings. The second-order valence-corrected chi connectivity index (χ2v) is 9.73. The molecular weight excluding hydrogens is 486 g/mol. The standard InChI is InChI=1S/C29H29N3O4S/c1-20-7-11-22(12-8-20)19-32(26(33)18-31-28(34)25-6-4-16-37-25)27(23-13-9-21(2)10-14-23)29(35)30-17-24-5-3-15-36-24/h3-16,27H,17-19H2,1-2H3,(H,30,35)(H,31,34)/t27-/m1/s1. The van der Waals surface area contributed by atoms with E-state index in [4.69, 9.17) is 4.42 Å². The van der Waals surface area contributed by atoms with Crippen LogP contribution in [0.2, 0.25) is 0 Å². The van der Waals surface area contributed by atoms with Crippen LogP contribution in [-0.2, 0) is 22.7 Å². The second kappa shape index (κ2) is 12.2. The topological polar surface area (TPSA) is 91.7 Å². The lowest BCUT2D eigenvalue weighted by Crippen LogP contribution is -2.46. The van der Waals surface area contributed by atoms with Crippen molar-refractivity contribution >= 4 is 29.1 Å². The molecule has 0 unspecified atom stereocenters. The van der Waals surface area contributed by atoms with E-state index >= 15 is 0 Å². The van der Waals surface area contributed by atoms with Gasteiger partial charge in [0.1, 0.15) is 11.8 Å². The summed E-state index contributed by atoms with van der Waals surface area (Å²) in [7, 11) is 0. The maximum Gasteiger partial charge on any atom is 0.261 e. The van der Waals surface area contributed by atoms with E-state index in [1.165, 1.54) is 16.2 Å². The first-order valence-electron chi connectivity index (χ1n) is 11.9. The van der Waals surface area contributed by atoms with Crippen molar-refractivity contribution in [2.24, 2.45) is 0 Å². The van der Waals surface area contributed by atoms with Gasteiger partial charge in [-0.15, -0.1) is 11.3 Å². The zero-order valence-corrected chi connectivity index (χ0v) is 21.6. The van der Waals surface area contributed by atoms with Gasteiger partial charge in [0, 0.05) is 6.54 Å². The van der Waals surface area contributed by atoms with Crippen LogP contribution in [0.4, 0.5) is 0 Å². The van der Waals surface area contributed by atoms with E-state index in [-0.39, 0.29) is 37.4 Å². The van der Waals surface area contributed by atoms with Crippen molar-refractivity contribution in [3.05, 3.63) is 117 Å². The molecule has 2 N–H and O–H groups in total. The SMILES string of the molecule is Cc1ccc(CN(C(=O)CNC(=O)c2cccs2)[C@@H](C(=O)NCc2ccco2)c2ccc(C)cc2)cc1. The van der Waals surface area contributed by atoms with Crippen LogP contribution in [0.25, 0.3) is 0 Å². The molecule has 0 aliphatic carbocycles. The number of nitrogens with zero attached hydrogens (tertiary/aromatic N) is 1. The average Bonchev–Trinajstić information content (AvgIpc) is 3.62. The van der Waals surface area contributed by atoms with Gasteiger partial charge < -0.3 is 20.0 Å². The van der Waals surface area contributed by atoms with Crippen molar-refractivity contribution in [2.45, 2.75) is 33.0 Å². The van der Waals surface area contributed by atoms with Gasteiger partial charge >= 0.3 is 0 Å². The van der Waals surface area contributed by atoms with Crippen LogP contribution in [-0.4, -0.2) is 29.2 Å². The third-order valence-corrected chi connectivity index (χ3v) is 6.78. The maximum atomic E-state index is 13.6. The minimum Gasteiger partial charge on any atom is -0.467 e. The predicted octanol–water partition coefficient (Wildman–Crippen LogP) is 4.77. The van der Waals surface area contributed by atoms with Crippen molar-refractivity contribution < 1.29 is 18.8 Å². The molecule has 0 bridgehead atoms. The quantitative estimate of drug-likeness (QED) is 0.318. The van der Waals surface area contributed by atoms with Gasteiger partial charge in [0.15, 0.2) is 0 Å². The molecule has 1 atom stereocenters. The summed E-state index contributed by atoms with van der Waals surface area (Å²) in [5.41, 5.74) is 3.68. The Hall–Kier alpha value is -4.17. The van der Waals surface area contributed by atoms with Crippen LogP contribution in [0.3, 0.4) is 0 Å². The molecule has 190 valence electrons. The van der Waals surface area contributed by atoms with E-state index in [1.807, 2.05) is 62.4 Å². The van der Waals surface area contributed by atoms with E-state index < -0.39 is 6.04 Å². The molecule has 37 heavy (non-hydrogen) atoms. The molecule has 0 radical (unpaired) electrons. The molecule has 0 aliphatic rings. The van der Waals surface area contributed by atoms with Crippen molar-refractivity contribution in [3.63, 3.8) is 0 Å². The van der Waals surface area contributed by atoms with Crippen LogP contribution in [0.15, 0.2) is 88.9 Å². The normalized spacial score (nSPS) is 11.5. The van der Waals surface area contributed by atoms with Gasteiger partial charge in [-0.3, -0.25) is 14.4 Å². The Morgan fingerprint density at radius 2 is 1.59 bits per heavy atom. The van der Waals surface area contributed by atoms with Gasteiger partial charge in [0.05, 0.1) is 24.2 Å². The highest BCUT2D eigenvalue weighted by Gasteiger charge is 2.32. The number of carbonyl (C=O) groups excluding carboxylic acids is 3. The van der Waals surface area contributed by atoms with Crippen molar-refractivity contribution in [1.82, 2.24) is 15.5 Å². The summed E-state index contributed by atoms with van der Waals surface area (Å²) in [6, 6.07) is 21.4. The molecule has 0 saturated heterocycles. The number of hydrogen-bond donors (Lipinski definition) is 2. The predicted molar refractivity (Wildman–Crippen MR) is 143 cm³/mol. The van der Waals surface area contributed by atoms with Crippen molar-refractivity contribution in [2.75, 3.05) is 6.54 Å². The van der Waals surface area contributed by atoms with Gasteiger partial charge in [0.2, 0.25) is 11.8 Å². The smallest absolute Gasteiger partial charge is 0.261 e. The van der Waals surface area contributed by atoms with Crippen molar-refractivity contribution in [3.8, 4) is 0 Å². The molecule has 0 aliphatic heterocycles. The van der Waals surface area contributed by atoms with Gasteiger partial charge in [0.25, 0.3) is 5.91 Å². The van der Waals surface area contributed by atoms with Crippen LogP contribution in [0.1, 0.15) is 43.7 Å². The molecule has 2 aromatic heterocycles. The first-order valence-corrected chi connectivity index (χ1v) is 12.8. The summed E-state index contributed by atoms with van der Waals surface area (Å²) in [5.74, 6) is -0.432. The monoisotopic (exact) mass is 515 g/mol. The lowest BCUT2D eigenvalue weighted by atomic mass is 10.0. The molecule has 0 spiro atoms. The lowest BCUT2D eigenvalue weighted by molar-refractivity contribution is -0.141. The Bertz CT molecular complexity index is 1310. The summed E-state index contributed by atoms with van der Waals surface area (Å²) in [6.45, 7) is 4.10. The third kappa shape index (κ3) is 6.95. The fraction of sp³-hybridized carbons (Fsp3) is 0.207. The number of carbonyl (C=O) groups is 3. The molecule has 3 amide bonds. The molecule has 0 fully saturated rings. The first-order chi connectivity index (χ1) is 17.9. The summed E-state index contributed by atoms with van der Waals surface area (Å²) < 4.78 is 5.36. The van der Waals surface area contributed by atoms with Crippen LogP contribution < -0.4 is 10.6 Å². The highest BCUT2D eigenvalue weighted by Crippen LogP contribution is 2.25. The first kappa shape index (κ1) is 25.9. The molecule has 2 aromatic carbocycles. The van der Waals surface area contributed by atoms with E-state index in [1.54, 1.807) is 35.9 Å². The molecular formula is C29H29N3O4S. The summed E-state index contributed by atoms with van der Waals surface area (Å²) >= 11 is 1.30. The number of benzene rings is 2. The Morgan fingerprint density at radius 3 is 2.22 bits per heavy atom. The van der Waals surface area contributed by atoms with Gasteiger partial charge in [-0.1, -0.05) is 65.7 Å². The molecule has 8 heteroatoms. The minimum atomic E-state index is -0.914. The van der Waals surface area contributed by atoms with Crippen LogP contribution in [0.5, 0.6) is 0 Å². The Balaban J connectivity index is 1.63.